The molecule has 0 aliphatic heterocycles. The first kappa shape index (κ1) is 25.3. The molecule has 0 atom stereocenters. The number of nitrogens with zero attached hydrogens (tertiary/aromatic N) is 3. The van der Waals surface area contributed by atoms with Crippen molar-refractivity contribution < 1.29 is 27.4 Å². The fraction of sp³-hybridized carbons (Fsp3) is 0.148. The van der Waals surface area contributed by atoms with E-state index in [-0.39, 0.29) is 29.1 Å². The zero-order valence-corrected chi connectivity index (χ0v) is 19.7. The Balaban J connectivity index is 1.89. The van der Waals surface area contributed by atoms with Crippen molar-refractivity contribution in [2.75, 3.05) is 20.8 Å². The second-order valence-electron chi connectivity index (χ2n) is 7.64. The fourth-order valence-corrected chi connectivity index (χ4v) is 3.61. The number of halogens is 3. The first-order valence-electron chi connectivity index (χ1n) is 10.8. The normalized spacial score (nSPS) is 11.5. The van der Waals surface area contributed by atoms with Crippen molar-refractivity contribution >= 4 is 17.1 Å². The van der Waals surface area contributed by atoms with Gasteiger partial charge in [0.1, 0.15) is 6.61 Å². The molecule has 37 heavy (non-hydrogen) atoms. The van der Waals surface area contributed by atoms with Crippen LogP contribution in [0.3, 0.4) is 0 Å². The molecule has 0 amide bonds. The van der Waals surface area contributed by atoms with Gasteiger partial charge in [0.15, 0.2) is 17.3 Å². The van der Waals surface area contributed by atoms with Crippen molar-refractivity contribution in [3.63, 3.8) is 0 Å². The molecule has 0 radical (unpaired) electrons. The van der Waals surface area contributed by atoms with E-state index in [0.29, 0.717) is 22.6 Å². The predicted molar refractivity (Wildman–Crippen MR) is 133 cm³/mol. The van der Waals surface area contributed by atoms with Gasteiger partial charge in [0.2, 0.25) is 5.75 Å². The van der Waals surface area contributed by atoms with E-state index < -0.39 is 17.3 Å². The Bertz CT molecular complexity index is 1560. The molecule has 3 aromatic carbocycles. The minimum atomic E-state index is -4.57. The van der Waals surface area contributed by atoms with Crippen LogP contribution in [0.4, 0.5) is 13.2 Å². The standard InChI is InChI=1S/C27H20F3N3O4/c1-4-12-37-24-22(35-2)13-17(14-23(24)36-3)16-31-33-25(18-8-7-9-19(15-18)27(28,29)30)32-21-11-6-5-10-20(21)26(33)34/h1,5-11,13-16H,12H2,2-3H3. The highest BCUT2D eigenvalue weighted by atomic mass is 19.4. The van der Waals surface area contributed by atoms with E-state index in [1.54, 1.807) is 36.4 Å². The summed E-state index contributed by atoms with van der Waals surface area (Å²) in [6, 6.07) is 14.2. The van der Waals surface area contributed by atoms with E-state index in [2.05, 4.69) is 16.0 Å². The quantitative estimate of drug-likeness (QED) is 0.260. The first-order valence-corrected chi connectivity index (χ1v) is 10.8. The number of aromatic nitrogens is 2. The lowest BCUT2D eigenvalue weighted by Crippen LogP contribution is -2.20. The second-order valence-corrected chi connectivity index (χ2v) is 7.64. The molecule has 4 rings (SSSR count). The van der Waals surface area contributed by atoms with Crippen LogP contribution in [0, 0.1) is 12.3 Å². The molecule has 0 saturated heterocycles. The van der Waals surface area contributed by atoms with Crippen LogP contribution in [-0.2, 0) is 6.18 Å². The van der Waals surface area contributed by atoms with Crippen molar-refractivity contribution in [3.05, 3.63) is 82.1 Å². The summed E-state index contributed by atoms with van der Waals surface area (Å²) in [4.78, 5) is 17.8. The van der Waals surface area contributed by atoms with Crippen LogP contribution < -0.4 is 19.8 Å². The SMILES string of the molecule is C#CCOc1c(OC)cc(C=Nn2c(-c3cccc(C(F)(F)F)c3)nc3ccccc3c2=O)cc1OC. The molecule has 0 spiro atoms. The Morgan fingerprint density at radius 2 is 1.76 bits per heavy atom. The van der Waals surface area contributed by atoms with Gasteiger partial charge in [-0.1, -0.05) is 30.2 Å². The molecule has 4 aromatic rings. The summed E-state index contributed by atoms with van der Waals surface area (Å²) < 4.78 is 57.3. The van der Waals surface area contributed by atoms with Gasteiger partial charge in [-0.05, 0) is 36.4 Å². The number of ether oxygens (including phenoxy) is 3. The van der Waals surface area contributed by atoms with Gasteiger partial charge in [-0.3, -0.25) is 4.79 Å². The molecule has 0 fully saturated rings. The highest BCUT2D eigenvalue weighted by Gasteiger charge is 2.31. The van der Waals surface area contributed by atoms with Gasteiger partial charge >= 0.3 is 6.18 Å². The number of rotatable bonds is 7. The number of terminal acetylenes is 1. The maximum atomic E-state index is 13.4. The van der Waals surface area contributed by atoms with Crippen LogP contribution in [0.25, 0.3) is 22.3 Å². The predicted octanol–water partition coefficient (Wildman–Crippen LogP) is 4.99. The summed E-state index contributed by atoms with van der Waals surface area (Å²) in [6.45, 7) is -0.0152. The lowest BCUT2D eigenvalue weighted by atomic mass is 10.1. The summed E-state index contributed by atoms with van der Waals surface area (Å²) in [6.07, 6.45) is 2.04. The molecule has 0 aliphatic carbocycles. The van der Waals surface area contributed by atoms with E-state index in [1.807, 2.05) is 0 Å². The lowest BCUT2D eigenvalue weighted by Gasteiger charge is -2.14. The molecular formula is C27H20F3N3O4. The fourth-order valence-electron chi connectivity index (χ4n) is 3.61. The van der Waals surface area contributed by atoms with Gasteiger partial charge in [0.05, 0.1) is 36.9 Å². The van der Waals surface area contributed by atoms with Crippen LogP contribution in [-0.4, -0.2) is 36.7 Å². The third-order valence-electron chi connectivity index (χ3n) is 5.31. The molecule has 7 nitrogen and oxygen atoms in total. The monoisotopic (exact) mass is 507 g/mol. The maximum Gasteiger partial charge on any atom is 0.416 e. The average molecular weight is 507 g/mol. The maximum absolute atomic E-state index is 13.4. The largest absolute Gasteiger partial charge is 0.493 e. The van der Waals surface area contributed by atoms with Crippen molar-refractivity contribution in [2.45, 2.75) is 6.18 Å². The number of fused-ring (bicyclic) bond motifs is 1. The number of hydrogen-bond acceptors (Lipinski definition) is 6. The summed E-state index contributed by atoms with van der Waals surface area (Å²) in [5, 5.41) is 4.54. The highest BCUT2D eigenvalue weighted by molar-refractivity contribution is 5.84. The molecule has 0 saturated carbocycles. The van der Waals surface area contributed by atoms with Crippen LogP contribution in [0.5, 0.6) is 17.2 Å². The van der Waals surface area contributed by atoms with Gasteiger partial charge in [-0.2, -0.15) is 22.9 Å². The third-order valence-corrected chi connectivity index (χ3v) is 5.31. The molecular weight excluding hydrogens is 487 g/mol. The molecule has 0 N–H and O–H groups in total. The summed E-state index contributed by atoms with van der Waals surface area (Å²) in [7, 11) is 2.86. The van der Waals surface area contributed by atoms with E-state index in [4.69, 9.17) is 20.6 Å². The van der Waals surface area contributed by atoms with Crippen LogP contribution in [0.15, 0.2) is 70.6 Å². The number of alkyl halides is 3. The average Bonchev–Trinajstić information content (AvgIpc) is 2.90. The Morgan fingerprint density at radius 1 is 1.05 bits per heavy atom. The summed E-state index contributed by atoms with van der Waals surface area (Å²) in [5.74, 6) is 3.20. The second kappa shape index (κ2) is 10.5. The van der Waals surface area contributed by atoms with Gasteiger partial charge in [0, 0.05) is 11.1 Å². The smallest absolute Gasteiger partial charge is 0.416 e. The number of hydrogen-bond donors (Lipinski definition) is 0. The van der Waals surface area contributed by atoms with Gasteiger partial charge in [-0.15, -0.1) is 6.42 Å². The lowest BCUT2D eigenvalue weighted by molar-refractivity contribution is -0.137. The summed E-state index contributed by atoms with van der Waals surface area (Å²) >= 11 is 0. The molecule has 1 aromatic heterocycles. The van der Waals surface area contributed by atoms with E-state index in [0.717, 1.165) is 16.8 Å². The zero-order chi connectivity index (χ0) is 26.6. The number of para-hydroxylation sites is 1. The molecule has 0 aliphatic rings. The molecule has 1 heterocycles. The van der Waals surface area contributed by atoms with Gasteiger partial charge < -0.3 is 14.2 Å². The molecule has 0 unspecified atom stereocenters. The van der Waals surface area contributed by atoms with Crippen LogP contribution >= 0.6 is 0 Å². The zero-order valence-electron chi connectivity index (χ0n) is 19.7. The Kier molecular flexibility index (Phi) is 7.15. The van der Waals surface area contributed by atoms with Gasteiger partial charge in [0.25, 0.3) is 5.56 Å². The minimum Gasteiger partial charge on any atom is -0.493 e. The van der Waals surface area contributed by atoms with E-state index in [9.17, 15) is 18.0 Å². The highest BCUT2D eigenvalue weighted by Crippen LogP contribution is 2.38. The van der Waals surface area contributed by atoms with Crippen molar-refractivity contribution in [1.29, 1.82) is 0 Å². The Morgan fingerprint density at radius 3 is 2.41 bits per heavy atom. The molecule has 10 heteroatoms. The van der Waals surface area contributed by atoms with Crippen molar-refractivity contribution in [2.24, 2.45) is 5.10 Å². The third kappa shape index (κ3) is 5.26. The number of benzene rings is 3. The molecule has 0 bridgehead atoms. The van der Waals surface area contributed by atoms with Gasteiger partial charge in [-0.25, -0.2) is 4.98 Å². The van der Waals surface area contributed by atoms with E-state index in [1.165, 1.54) is 32.6 Å². The summed E-state index contributed by atoms with van der Waals surface area (Å²) in [5.41, 5.74) is -0.577. The first-order chi connectivity index (χ1) is 17.8. The van der Waals surface area contributed by atoms with E-state index >= 15 is 0 Å². The van der Waals surface area contributed by atoms with Crippen molar-refractivity contribution in [1.82, 2.24) is 9.66 Å². The molecule has 188 valence electrons. The minimum absolute atomic E-state index is 0.0152. The van der Waals surface area contributed by atoms with Crippen LogP contribution in [0.2, 0.25) is 0 Å². The van der Waals surface area contributed by atoms with Crippen molar-refractivity contribution in [3.8, 4) is 41.0 Å². The van der Waals surface area contributed by atoms with Crippen LogP contribution in [0.1, 0.15) is 11.1 Å². The Labute approximate surface area is 209 Å². The topological polar surface area (TPSA) is 74.9 Å². The Hall–Kier alpha value is -4.78. The number of methoxy groups -OCH3 is 2.